The summed E-state index contributed by atoms with van der Waals surface area (Å²) in [6, 6.07) is 0. The van der Waals surface area contributed by atoms with Crippen molar-refractivity contribution in [3.8, 4) is 0 Å². The summed E-state index contributed by atoms with van der Waals surface area (Å²) in [6.45, 7) is -2.40. The molecule has 4 aliphatic rings. The molecule has 2 bridgehead atoms. The summed E-state index contributed by atoms with van der Waals surface area (Å²) < 4.78 is 171. The van der Waals surface area contributed by atoms with E-state index in [2.05, 4.69) is 18.6 Å². The molecule has 2 aromatic heterocycles. The van der Waals surface area contributed by atoms with Gasteiger partial charge in [0.15, 0.2) is 0 Å². The van der Waals surface area contributed by atoms with Crippen LogP contribution in [0.15, 0.2) is 10.8 Å². The van der Waals surface area contributed by atoms with Gasteiger partial charge in [-0.05, 0) is 0 Å². The minimum absolute atomic E-state index is 0.122. The zero-order valence-corrected chi connectivity index (χ0v) is 33.8. The highest BCUT2D eigenvalue weighted by Gasteiger charge is 2.87. The summed E-state index contributed by atoms with van der Waals surface area (Å²) in [5.41, 5.74) is 10.2. The van der Waals surface area contributed by atoms with Gasteiger partial charge in [-0.15, -0.1) is 22.7 Å². The van der Waals surface area contributed by atoms with E-state index in [-0.39, 0.29) is 21.4 Å². The van der Waals surface area contributed by atoms with Gasteiger partial charge in [0.25, 0.3) is 11.8 Å². The van der Waals surface area contributed by atoms with Crippen LogP contribution >= 0.6 is 52.6 Å². The predicted octanol–water partition coefficient (Wildman–Crippen LogP) is 4.53. The van der Waals surface area contributed by atoms with Gasteiger partial charge in [0.05, 0.1) is 13.2 Å². The molecule has 308 valence electrons. The average molecular weight is 909 g/mol. The zero-order valence-electron chi connectivity index (χ0n) is 28.6. The fourth-order valence-corrected chi connectivity index (χ4v) is 24.1. The first-order valence-electron chi connectivity index (χ1n) is 15.4. The number of primary amides is 2. The van der Waals surface area contributed by atoms with Crippen LogP contribution in [0.25, 0.3) is 0 Å². The van der Waals surface area contributed by atoms with Gasteiger partial charge in [-0.25, -0.2) is 18.6 Å². The van der Waals surface area contributed by atoms with E-state index in [1.54, 1.807) is 0 Å². The van der Waals surface area contributed by atoms with Crippen molar-refractivity contribution in [3.63, 3.8) is 0 Å². The van der Waals surface area contributed by atoms with Crippen molar-refractivity contribution in [1.82, 2.24) is 9.97 Å². The summed E-state index contributed by atoms with van der Waals surface area (Å²) in [5, 5.41) is -7.78. The van der Waals surface area contributed by atoms with Crippen molar-refractivity contribution in [2.45, 2.75) is 59.6 Å². The molecule has 55 heavy (non-hydrogen) atoms. The van der Waals surface area contributed by atoms with Crippen LogP contribution in [0.5, 0.6) is 0 Å². The lowest BCUT2D eigenvalue weighted by atomic mass is 10.1. The third-order valence-electron chi connectivity index (χ3n) is 8.89. The Kier molecular flexibility index (Phi) is 11.9. The number of aromatic nitrogens is 2. The van der Waals surface area contributed by atoms with Gasteiger partial charge >= 0.3 is 40.7 Å². The van der Waals surface area contributed by atoms with Crippen LogP contribution in [-0.2, 0) is 64.4 Å². The van der Waals surface area contributed by atoms with E-state index in [1.165, 1.54) is 25.0 Å². The quantitative estimate of drug-likeness (QED) is 0.195. The Morgan fingerprint density at radius 3 is 1.35 bits per heavy atom. The number of hydrogen-bond donors (Lipinski definition) is 2. The van der Waals surface area contributed by atoms with Gasteiger partial charge in [-0.1, -0.05) is 0 Å². The number of ether oxygens (including phenoxy) is 6. The molecule has 0 aliphatic carbocycles. The summed E-state index contributed by atoms with van der Waals surface area (Å²) in [6.07, 6.45) is -9.79. The molecule has 6 heterocycles. The highest BCUT2D eigenvalue weighted by Crippen LogP contribution is 3.02. The summed E-state index contributed by atoms with van der Waals surface area (Å²) in [7, 11) is -20.7. The lowest BCUT2D eigenvalue weighted by Gasteiger charge is -2.47. The molecule has 4 N–H and O–H groups in total. The van der Waals surface area contributed by atoms with E-state index < -0.39 is 121 Å². The third kappa shape index (κ3) is 6.96. The number of alkyl halides is 4. The highest BCUT2D eigenvalue weighted by molar-refractivity contribution is 7.98. The van der Waals surface area contributed by atoms with Crippen molar-refractivity contribution < 1.29 is 91.5 Å². The Morgan fingerprint density at radius 2 is 1.05 bits per heavy atom. The Bertz CT molecular complexity index is 1890. The van der Waals surface area contributed by atoms with Crippen molar-refractivity contribution in [2.24, 2.45) is 11.5 Å². The fourth-order valence-electron chi connectivity index (χ4n) is 6.20. The Morgan fingerprint density at radius 1 is 0.709 bits per heavy atom. The molecule has 12 atom stereocenters. The zero-order chi connectivity index (χ0) is 40.5. The molecule has 4 aliphatic heterocycles. The average Bonchev–Trinajstić information content (AvgIpc) is 3.92. The summed E-state index contributed by atoms with van der Waals surface area (Å²) >= 11 is 1.83. The van der Waals surface area contributed by atoms with Gasteiger partial charge < -0.3 is 48.9 Å². The first kappa shape index (κ1) is 43.0. The maximum Gasteiger partial charge on any atom is 0.419 e. The van der Waals surface area contributed by atoms with Crippen molar-refractivity contribution in [3.05, 3.63) is 32.2 Å². The van der Waals surface area contributed by atoms with E-state index in [0.717, 1.165) is 36.9 Å². The molecule has 20 nitrogen and oxygen atoms in total. The van der Waals surface area contributed by atoms with Gasteiger partial charge in [0.2, 0.25) is 0 Å². The normalized spacial score (nSPS) is 40.7. The molecule has 2 amide bonds. The first-order valence-corrected chi connectivity index (χ1v) is 23.9. The maximum atomic E-state index is 16.1. The number of fused-ring (bicyclic) bond motifs is 2. The lowest BCUT2D eigenvalue weighted by Crippen LogP contribution is -2.40. The van der Waals surface area contributed by atoms with Gasteiger partial charge in [-0.2, -0.15) is 17.6 Å². The largest absolute Gasteiger partial charge is 0.419 e. The number of nitrogens with zero attached hydrogens (tertiary/aromatic N) is 2. The smallest absolute Gasteiger partial charge is 0.376 e. The minimum atomic E-state index is -6.49. The highest BCUT2D eigenvalue weighted by atomic mass is 32.1. The van der Waals surface area contributed by atoms with Crippen molar-refractivity contribution >= 4 is 64.4 Å². The molecule has 4 fully saturated rings. The second-order valence-electron chi connectivity index (χ2n) is 12.1. The maximum absolute atomic E-state index is 16.1. The topological polar surface area (TPSA) is 273 Å². The molecule has 0 aromatic carbocycles. The SMILES string of the molecule is COC1[C@@H](OC)[C@@H](COP2(=O)OP3(=O)CP(=O)(OP(=O)(OC[C@H]4O[C@@H](c5nc(C(N)=O)cs5)C(OC)[C@H]4OC)C3(F)F)C2(F)F)O[C@H]1c1nc(C(N)=O)cs1. The Balaban J connectivity index is 1.22. The van der Waals surface area contributed by atoms with Crippen LogP contribution in [0.1, 0.15) is 43.2 Å². The lowest BCUT2D eigenvalue weighted by molar-refractivity contribution is -0.0415. The second-order valence-corrected chi connectivity index (χ2v) is 24.5. The number of nitrogens with two attached hydrogens (primary N) is 2. The standard InChI is InChI=1S/C25H32F4N4O16P4S2/c1-40-14-12(46-18(16(14)42-3)22-32-10(7-54-22)20(30)34)5-44-52(38)24(26,27)50(36)9-51(37,48-52)25(28,29)53(39,49-50)45-6-13-15(41-2)17(43-4)19(47-13)23-33-11(8-55-23)21(31)35/h7-8,12-19H,5-6,9H2,1-4H3,(H2,30,34)(H2,31,35)/t12-,13-,14+,15+,16?,17?,18-,19-,50?,51?,52?,53?/m1/s1. The number of methoxy groups -OCH3 is 4. The van der Waals surface area contributed by atoms with Crippen molar-refractivity contribution in [2.75, 3.05) is 47.6 Å². The van der Waals surface area contributed by atoms with Gasteiger partial charge in [0.1, 0.15) is 76.1 Å². The second kappa shape index (κ2) is 15.2. The molecule has 0 spiro atoms. The molecule has 30 heteroatoms. The van der Waals surface area contributed by atoms with E-state index in [0.29, 0.717) is 0 Å². The van der Waals surface area contributed by atoms with Gasteiger partial charge in [-0.3, -0.25) is 27.8 Å². The van der Waals surface area contributed by atoms with E-state index in [9.17, 15) is 27.8 Å². The van der Waals surface area contributed by atoms with Crippen LogP contribution in [0, 0.1) is 0 Å². The fraction of sp³-hybridized carbons (Fsp3) is 0.680. The number of rotatable bonds is 14. The first-order chi connectivity index (χ1) is 25.6. The third-order valence-corrected chi connectivity index (χ3v) is 24.7. The molecular weight excluding hydrogens is 876 g/mol. The van der Waals surface area contributed by atoms with E-state index in [1.807, 2.05) is 0 Å². The van der Waals surface area contributed by atoms with Crippen LogP contribution in [-0.4, -0.2) is 117 Å². The Labute approximate surface area is 316 Å². The summed E-state index contributed by atoms with van der Waals surface area (Å²) in [5.74, 6) is -3.92. The number of carbonyl (C=O) groups is 2. The predicted molar refractivity (Wildman–Crippen MR) is 179 cm³/mol. The summed E-state index contributed by atoms with van der Waals surface area (Å²) in [4.78, 5) is 31.2. The van der Waals surface area contributed by atoms with Crippen molar-refractivity contribution in [1.29, 1.82) is 0 Å². The molecule has 0 radical (unpaired) electrons. The van der Waals surface area contributed by atoms with Crippen LogP contribution in [0.3, 0.4) is 0 Å². The van der Waals surface area contributed by atoms with Crippen LogP contribution in [0.2, 0.25) is 0 Å². The minimum Gasteiger partial charge on any atom is -0.376 e. The molecule has 0 saturated carbocycles. The molecule has 6 unspecified atom stereocenters. The molecule has 6 rings (SSSR count). The number of hydrogen-bond acceptors (Lipinski definition) is 20. The van der Waals surface area contributed by atoms with Crippen LogP contribution in [0.4, 0.5) is 17.6 Å². The number of carbonyl (C=O) groups excluding carboxylic acids is 2. The number of amides is 2. The van der Waals surface area contributed by atoms with E-state index >= 15 is 17.6 Å². The number of thiazole rings is 2. The molecular formula is C25H32F4N4O16P4S2. The molecule has 4 saturated heterocycles. The number of halogens is 4. The van der Waals surface area contributed by atoms with Crippen LogP contribution < -0.4 is 11.5 Å². The van der Waals surface area contributed by atoms with Gasteiger partial charge in [0, 0.05) is 39.2 Å². The monoisotopic (exact) mass is 908 g/mol. The van der Waals surface area contributed by atoms with E-state index in [4.69, 9.17) is 48.9 Å². The molecule has 2 aromatic rings. The Hall–Kier alpha value is -1.56.